The average Bonchev–Trinajstić information content (AvgIpc) is 3.00. The molecular weight excluding hydrogens is 556 g/mol. The lowest BCUT2D eigenvalue weighted by molar-refractivity contribution is -0.142. The van der Waals surface area contributed by atoms with Crippen LogP contribution in [0.3, 0.4) is 0 Å². The topological polar surface area (TPSA) is 116 Å². The number of nitrogens with zero attached hydrogens (tertiary/aromatic N) is 1. The van der Waals surface area contributed by atoms with E-state index in [2.05, 4.69) is 38.2 Å². The van der Waals surface area contributed by atoms with Gasteiger partial charge < -0.3 is 25.2 Å². The summed E-state index contributed by atoms with van der Waals surface area (Å²) in [4.78, 5) is 36.3. The van der Waals surface area contributed by atoms with Gasteiger partial charge in [-0.3, -0.25) is 9.59 Å². The van der Waals surface area contributed by atoms with Crippen LogP contribution in [0, 0.1) is 12.8 Å². The van der Waals surface area contributed by atoms with Crippen LogP contribution in [0.15, 0.2) is 48.5 Å². The molecule has 1 aliphatic heterocycles. The van der Waals surface area contributed by atoms with Crippen LogP contribution < -0.4 is 5.32 Å². The molecule has 248 valence electrons. The highest BCUT2D eigenvalue weighted by Gasteiger charge is 2.25. The Morgan fingerprint density at radius 2 is 1.52 bits per heavy atom. The third-order valence-electron chi connectivity index (χ3n) is 7.06. The minimum Gasteiger partial charge on any atom is -0.444 e. The highest BCUT2D eigenvalue weighted by Crippen LogP contribution is 2.29. The molecule has 1 aliphatic rings. The number of rotatable bonds is 7. The van der Waals surface area contributed by atoms with Crippen molar-refractivity contribution < 1.29 is 29.3 Å². The van der Waals surface area contributed by atoms with E-state index < -0.39 is 23.8 Å². The quantitative estimate of drug-likeness (QED) is 0.280. The van der Waals surface area contributed by atoms with Crippen molar-refractivity contribution in [2.45, 2.75) is 119 Å². The van der Waals surface area contributed by atoms with Gasteiger partial charge in [0.05, 0.1) is 0 Å². The van der Waals surface area contributed by atoms with Gasteiger partial charge in [0, 0.05) is 25.2 Å². The lowest BCUT2D eigenvalue weighted by atomic mass is 9.88. The molecular formula is C36H58N2O6. The smallest absolute Gasteiger partial charge is 0.407 e. The van der Waals surface area contributed by atoms with E-state index in [-0.39, 0.29) is 5.91 Å². The summed E-state index contributed by atoms with van der Waals surface area (Å²) in [6, 6.07) is 16.1. The molecule has 0 aromatic heterocycles. The molecule has 8 heteroatoms. The fourth-order valence-corrected chi connectivity index (χ4v) is 4.11. The van der Waals surface area contributed by atoms with Crippen molar-refractivity contribution >= 4 is 17.8 Å². The number of piperidine rings is 1. The van der Waals surface area contributed by atoms with Crippen molar-refractivity contribution in [2.75, 3.05) is 13.1 Å². The van der Waals surface area contributed by atoms with Crippen LogP contribution in [-0.2, 0) is 16.1 Å². The first kappa shape index (κ1) is 40.8. The van der Waals surface area contributed by atoms with E-state index in [9.17, 15) is 14.4 Å². The zero-order valence-electron chi connectivity index (χ0n) is 28.8. The SMILES string of the molecule is CC.CC(=O)C(O)O.CCC(C)CC.Cc1cccc(C(=O)N2CCC(c3cccc(CNC(=O)OC(C)(C)C)c3)CC2)c1. The molecule has 0 atom stereocenters. The van der Waals surface area contributed by atoms with Gasteiger partial charge in [-0.05, 0) is 82.6 Å². The van der Waals surface area contributed by atoms with Gasteiger partial charge in [-0.15, -0.1) is 0 Å². The maximum Gasteiger partial charge on any atom is 0.407 e. The minimum atomic E-state index is -1.79. The van der Waals surface area contributed by atoms with E-state index in [0.29, 0.717) is 12.5 Å². The van der Waals surface area contributed by atoms with E-state index in [1.54, 1.807) is 0 Å². The lowest BCUT2D eigenvalue weighted by Crippen LogP contribution is -2.38. The number of benzene rings is 2. The predicted molar refractivity (Wildman–Crippen MR) is 179 cm³/mol. The normalized spacial score (nSPS) is 13.0. The van der Waals surface area contributed by atoms with Crippen LogP contribution in [-0.4, -0.2) is 57.9 Å². The number of aliphatic hydroxyl groups is 2. The van der Waals surface area contributed by atoms with Crippen LogP contribution >= 0.6 is 0 Å². The number of nitrogens with one attached hydrogen (secondary N) is 1. The molecule has 8 nitrogen and oxygen atoms in total. The first-order chi connectivity index (χ1) is 20.7. The summed E-state index contributed by atoms with van der Waals surface area (Å²) in [7, 11) is 0. The molecule has 1 fully saturated rings. The molecule has 0 bridgehead atoms. The summed E-state index contributed by atoms with van der Waals surface area (Å²) in [5.74, 6) is 0.848. The minimum absolute atomic E-state index is 0.118. The van der Waals surface area contributed by atoms with Crippen LogP contribution in [0.1, 0.15) is 121 Å². The maximum atomic E-state index is 12.8. The van der Waals surface area contributed by atoms with E-state index in [0.717, 1.165) is 55.5 Å². The van der Waals surface area contributed by atoms with Crippen molar-refractivity contribution in [3.63, 3.8) is 0 Å². The van der Waals surface area contributed by atoms with Gasteiger partial charge in [-0.25, -0.2) is 4.79 Å². The summed E-state index contributed by atoms with van der Waals surface area (Å²) < 4.78 is 5.30. The molecule has 2 amide bonds. The van der Waals surface area contributed by atoms with Crippen molar-refractivity contribution in [3.8, 4) is 0 Å². The Morgan fingerprint density at radius 1 is 0.977 bits per heavy atom. The summed E-state index contributed by atoms with van der Waals surface area (Å²) in [5, 5.41) is 18.5. The molecule has 1 saturated heterocycles. The number of ether oxygens (including phenoxy) is 1. The Hall–Kier alpha value is -3.23. The van der Waals surface area contributed by atoms with E-state index in [4.69, 9.17) is 14.9 Å². The summed E-state index contributed by atoms with van der Waals surface area (Å²) in [6.07, 6.45) is 2.36. The number of aryl methyl sites for hydroxylation is 1. The number of carbonyl (C=O) groups excluding carboxylic acids is 3. The van der Waals surface area contributed by atoms with Crippen molar-refractivity contribution in [1.29, 1.82) is 0 Å². The van der Waals surface area contributed by atoms with Gasteiger partial charge in [0.25, 0.3) is 5.91 Å². The second-order valence-electron chi connectivity index (χ2n) is 11.9. The van der Waals surface area contributed by atoms with Gasteiger partial charge in [0.1, 0.15) is 5.60 Å². The fourth-order valence-electron chi connectivity index (χ4n) is 4.11. The number of aliphatic hydroxyl groups excluding tert-OH is 1. The van der Waals surface area contributed by atoms with Crippen LogP contribution in [0.5, 0.6) is 0 Å². The predicted octanol–water partition coefficient (Wildman–Crippen LogP) is 7.39. The number of hydrogen-bond acceptors (Lipinski definition) is 6. The molecule has 44 heavy (non-hydrogen) atoms. The summed E-state index contributed by atoms with van der Waals surface area (Å²) >= 11 is 0. The van der Waals surface area contributed by atoms with Gasteiger partial charge in [-0.2, -0.15) is 0 Å². The average molecular weight is 615 g/mol. The number of amides is 2. The van der Waals surface area contributed by atoms with Gasteiger partial charge >= 0.3 is 6.09 Å². The highest BCUT2D eigenvalue weighted by atomic mass is 16.6. The van der Waals surface area contributed by atoms with E-state index >= 15 is 0 Å². The molecule has 0 spiro atoms. The number of Topliss-reactive ketones (excluding diaryl/α,β-unsaturated/α-hetero) is 1. The van der Waals surface area contributed by atoms with Crippen LogP contribution in [0.25, 0.3) is 0 Å². The van der Waals surface area contributed by atoms with Crippen LogP contribution in [0.2, 0.25) is 0 Å². The highest BCUT2D eigenvalue weighted by molar-refractivity contribution is 5.94. The number of ketones is 1. The van der Waals surface area contributed by atoms with E-state index in [1.165, 1.54) is 18.4 Å². The Balaban J connectivity index is 0.00000111. The zero-order valence-corrected chi connectivity index (χ0v) is 28.8. The monoisotopic (exact) mass is 614 g/mol. The standard InChI is InChI=1S/C25H32N2O3.C6H14.C3H6O3.C2H6/c1-18-7-5-10-22(15-18)23(28)27-13-11-20(12-14-27)21-9-6-8-19(16-21)17-26-24(29)30-25(2,3)4;1-4-6(3)5-2;1-2(4)3(5)6;1-2/h5-10,15-16,20H,11-14,17H2,1-4H3,(H,26,29);6H,4-5H2,1-3H3;3,5-6H,1H3;1-2H3. The third-order valence-corrected chi connectivity index (χ3v) is 7.06. The maximum absolute atomic E-state index is 12.8. The fraction of sp³-hybridized carbons (Fsp3) is 0.583. The Morgan fingerprint density at radius 3 is 1.98 bits per heavy atom. The molecule has 1 heterocycles. The Labute approximate surface area is 266 Å². The first-order valence-corrected chi connectivity index (χ1v) is 15.9. The summed E-state index contributed by atoms with van der Waals surface area (Å²) in [6.45, 7) is 21.4. The molecule has 2 aromatic rings. The molecule has 0 radical (unpaired) electrons. The number of hydrogen-bond donors (Lipinski definition) is 3. The largest absolute Gasteiger partial charge is 0.444 e. The summed E-state index contributed by atoms with van der Waals surface area (Å²) in [5.41, 5.74) is 3.68. The zero-order chi connectivity index (χ0) is 33.9. The number of alkyl carbamates (subject to hydrolysis) is 1. The van der Waals surface area contributed by atoms with Crippen molar-refractivity contribution in [3.05, 3.63) is 70.8 Å². The molecule has 0 saturated carbocycles. The molecule has 0 aliphatic carbocycles. The van der Waals surface area contributed by atoms with Crippen LogP contribution in [0.4, 0.5) is 4.79 Å². The Kier molecular flexibility index (Phi) is 19.9. The van der Waals surface area contributed by atoms with Gasteiger partial charge in [-0.1, -0.05) is 89.4 Å². The molecule has 3 N–H and O–H groups in total. The lowest BCUT2D eigenvalue weighted by Gasteiger charge is -2.32. The second-order valence-corrected chi connectivity index (χ2v) is 11.9. The molecule has 3 rings (SSSR count). The number of carbonyl (C=O) groups is 3. The second kappa shape index (κ2) is 21.5. The van der Waals surface area contributed by atoms with Gasteiger partial charge in [0.2, 0.25) is 6.29 Å². The first-order valence-electron chi connectivity index (χ1n) is 15.9. The molecule has 2 aromatic carbocycles. The Bertz CT molecular complexity index is 1110. The third kappa shape index (κ3) is 17.2. The molecule has 0 unspecified atom stereocenters. The van der Waals surface area contributed by atoms with Gasteiger partial charge in [0.15, 0.2) is 5.78 Å². The number of likely N-dealkylation sites (tertiary alicyclic amines) is 1. The van der Waals surface area contributed by atoms with Crippen molar-refractivity contribution in [1.82, 2.24) is 10.2 Å². The van der Waals surface area contributed by atoms with E-state index in [1.807, 2.05) is 82.8 Å². The van der Waals surface area contributed by atoms with Crippen molar-refractivity contribution in [2.24, 2.45) is 5.92 Å².